The molecule has 19 heavy (non-hydrogen) atoms. The lowest BCUT2D eigenvalue weighted by Crippen LogP contribution is -2.09. The van der Waals surface area contributed by atoms with Gasteiger partial charge in [-0.1, -0.05) is 19.1 Å². The number of rotatable bonds is 4. The number of phenolic OH excluding ortho intramolecular Hbond substituents is 2. The SMILES string of the molecule is CCC(Nc1ccc(O)c(F)c1)c1ccc(O)cc1. The van der Waals surface area contributed by atoms with E-state index >= 15 is 0 Å². The molecule has 0 fully saturated rings. The molecule has 0 aromatic heterocycles. The Bertz CT molecular complexity index is 555. The number of anilines is 1. The number of nitrogens with one attached hydrogen (secondary N) is 1. The van der Waals surface area contributed by atoms with Crippen molar-refractivity contribution in [3.63, 3.8) is 0 Å². The molecule has 0 saturated heterocycles. The van der Waals surface area contributed by atoms with Gasteiger partial charge in [-0.25, -0.2) is 4.39 Å². The van der Waals surface area contributed by atoms with Crippen molar-refractivity contribution in [1.82, 2.24) is 0 Å². The number of hydrogen-bond acceptors (Lipinski definition) is 3. The predicted octanol–water partition coefficient (Wildman–Crippen LogP) is 3.80. The van der Waals surface area contributed by atoms with Crippen LogP contribution in [0.4, 0.5) is 10.1 Å². The number of halogens is 1. The van der Waals surface area contributed by atoms with Crippen LogP contribution in [0.5, 0.6) is 11.5 Å². The van der Waals surface area contributed by atoms with E-state index in [0.29, 0.717) is 5.69 Å². The minimum atomic E-state index is -0.648. The summed E-state index contributed by atoms with van der Waals surface area (Å²) < 4.78 is 13.3. The minimum absolute atomic E-state index is 0.0181. The third-order valence-corrected chi connectivity index (χ3v) is 2.99. The summed E-state index contributed by atoms with van der Waals surface area (Å²) in [5, 5.41) is 21.6. The zero-order valence-electron chi connectivity index (χ0n) is 10.6. The second kappa shape index (κ2) is 5.61. The van der Waals surface area contributed by atoms with Gasteiger partial charge in [-0.05, 0) is 36.2 Å². The van der Waals surface area contributed by atoms with Gasteiger partial charge in [0.25, 0.3) is 0 Å². The van der Waals surface area contributed by atoms with Crippen molar-refractivity contribution >= 4 is 5.69 Å². The first-order chi connectivity index (χ1) is 9.10. The number of phenols is 2. The topological polar surface area (TPSA) is 52.5 Å². The molecule has 2 rings (SSSR count). The van der Waals surface area contributed by atoms with E-state index in [-0.39, 0.29) is 17.5 Å². The van der Waals surface area contributed by atoms with E-state index in [9.17, 15) is 9.50 Å². The number of benzene rings is 2. The van der Waals surface area contributed by atoms with Crippen LogP contribution in [0.2, 0.25) is 0 Å². The first-order valence-electron chi connectivity index (χ1n) is 6.14. The Morgan fingerprint density at radius 3 is 2.37 bits per heavy atom. The third kappa shape index (κ3) is 3.16. The average Bonchev–Trinajstić information content (AvgIpc) is 2.41. The smallest absolute Gasteiger partial charge is 0.166 e. The van der Waals surface area contributed by atoms with Crippen molar-refractivity contribution in [2.24, 2.45) is 0 Å². The summed E-state index contributed by atoms with van der Waals surface area (Å²) >= 11 is 0. The van der Waals surface area contributed by atoms with Crippen molar-refractivity contribution in [3.05, 3.63) is 53.8 Å². The number of aromatic hydroxyl groups is 2. The second-order valence-corrected chi connectivity index (χ2v) is 4.36. The molecule has 100 valence electrons. The van der Waals surface area contributed by atoms with E-state index in [4.69, 9.17) is 5.11 Å². The fourth-order valence-corrected chi connectivity index (χ4v) is 1.93. The molecule has 2 aromatic rings. The third-order valence-electron chi connectivity index (χ3n) is 2.99. The molecule has 0 aliphatic heterocycles. The van der Waals surface area contributed by atoms with Crippen LogP contribution >= 0.6 is 0 Å². The molecule has 0 heterocycles. The van der Waals surface area contributed by atoms with E-state index in [1.54, 1.807) is 18.2 Å². The fourth-order valence-electron chi connectivity index (χ4n) is 1.93. The highest BCUT2D eigenvalue weighted by Crippen LogP contribution is 2.26. The lowest BCUT2D eigenvalue weighted by Gasteiger charge is -2.19. The number of hydrogen-bond donors (Lipinski definition) is 3. The molecule has 0 aliphatic carbocycles. The first-order valence-corrected chi connectivity index (χ1v) is 6.14. The van der Waals surface area contributed by atoms with E-state index in [1.165, 1.54) is 12.1 Å². The molecule has 3 nitrogen and oxygen atoms in total. The molecule has 1 unspecified atom stereocenters. The van der Waals surface area contributed by atoms with Gasteiger partial charge in [0.2, 0.25) is 0 Å². The standard InChI is InChI=1S/C15H16FNO2/c1-2-14(10-3-6-12(18)7-4-10)17-11-5-8-15(19)13(16)9-11/h3-9,14,17-19H,2H2,1H3. The normalized spacial score (nSPS) is 12.1. The van der Waals surface area contributed by atoms with Crippen LogP contribution in [-0.2, 0) is 0 Å². The molecule has 0 radical (unpaired) electrons. The van der Waals surface area contributed by atoms with Gasteiger partial charge in [-0.3, -0.25) is 0 Å². The molecule has 4 heteroatoms. The van der Waals surface area contributed by atoms with E-state index in [0.717, 1.165) is 12.0 Å². The van der Waals surface area contributed by atoms with Crippen molar-refractivity contribution < 1.29 is 14.6 Å². The molecule has 0 aliphatic rings. The summed E-state index contributed by atoms with van der Waals surface area (Å²) in [6.07, 6.45) is 0.813. The molecule has 0 saturated carbocycles. The zero-order chi connectivity index (χ0) is 13.8. The van der Waals surface area contributed by atoms with Crippen molar-refractivity contribution in [2.45, 2.75) is 19.4 Å². The maximum Gasteiger partial charge on any atom is 0.166 e. The largest absolute Gasteiger partial charge is 0.508 e. The Morgan fingerprint density at radius 2 is 1.79 bits per heavy atom. The minimum Gasteiger partial charge on any atom is -0.508 e. The van der Waals surface area contributed by atoms with Crippen LogP contribution in [0.25, 0.3) is 0 Å². The molecular formula is C15H16FNO2. The van der Waals surface area contributed by atoms with Gasteiger partial charge in [0, 0.05) is 11.8 Å². The highest BCUT2D eigenvalue weighted by Gasteiger charge is 2.10. The summed E-state index contributed by atoms with van der Waals surface area (Å²) in [5.74, 6) is -0.789. The Morgan fingerprint density at radius 1 is 1.11 bits per heavy atom. The second-order valence-electron chi connectivity index (χ2n) is 4.36. The van der Waals surface area contributed by atoms with Crippen molar-refractivity contribution in [2.75, 3.05) is 5.32 Å². The van der Waals surface area contributed by atoms with Gasteiger partial charge in [-0.2, -0.15) is 0 Å². The van der Waals surface area contributed by atoms with E-state index in [2.05, 4.69) is 5.32 Å². The van der Waals surface area contributed by atoms with Crippen LogP contribution < -0.4 is 5.32 Å². The van der Waals surface area contributed by atoms with Crippen molar-refractivity contribution in [1.29, 1.82) is 0 Å². The van der Waals surface area contributed by atoms with Gasteiger partial charge in [0.05, 0.1) is 6.04 Å². The maximum absolute atomic E-state index is 13.3. The van der Waals surface area contributed by atoms with Gasteiger partial charge >= 0.3 is 0 Å². The molecular weight excluding hydrogens is 245 g/mol. The predicted molar refractivity (Wildman–Crippen MR) is 72.8 cm³/mol. The lowest BCUT2D eigenvalue weighted by atomic mass is 10.0. The summed E-state index contributed by atoms with van der Waals surface area (Å²) in [6, 6.07) is 11.1. The molecule has 3 N–H and O–H groups in total. The molecule has 1 atom stereocenters. The van der Waals surface area contributed by atoms with Gasteiger partial charge in [-0.15, -0.1) is 0 Å². The Balaban J connectivity index is 2.18. The van der Waals surface area contributed by atoms with Crippen LogP contribution in [0.1, 0.15) is 24.9 Å². The van der Waals surface area contributed by atoms with E-state index < -0.39 is 5.82 Å². The first kappa shape index (κ1) is 13.2. The van der Waals surface area contributed by atoms with Crippen LogP contribution in [0, 0.1) is 5.82 Å². The highest BCUT2D eigenvalue weighted by molar-refractivity contribution is 5.49. The molecule has 0 bridgehead atoms. The van der Waals surface area contributed by atoms with Crippen LogP contribution in [-0.4, -0.2) is 10.2 Å². The van der Waals surface area contributed by atoms with Gasteiger partial charge in [0.15, 0.2) is 11.6 Å². The fraction of sp³-hybridized carbons (Fsp3) is 0.200. The van der Waals surface area contributed by atoms with Crippen molar-refractivity contribution in [3.8, 4) is 11.5 Å². The summed E-state index contributed by atoms with van der Waals surface area (Å²) in [4.78, 5) is 0. The maximum atomic E-state index is 13.3. The Labute approximate surface area is 111 Å². The van der Waals surface area contributed by atoms with Crippen LogP contribution in [0.15, 0.2) is 42.5 Å². The van der Waals surface area contributed by atoms with Gasteiger partial charge in [0.1, 0.15) is 5.75 Å². The summed E-state index contributed by atoms with van der Waals surface area (Å²) in [6.45, 7) is 2.02. The van der Waals surface area contributed by atoms with Gasteiger partial charge < -0.3 is 15.5 Å². The lowest BCUT2D eigenvalue weighted by molar-refractivity contribution is 0.432. The highest BCUT2D eigenvalue weighted by atomic mass is 19.1. The quantitative estimate of drug-likeness (QED) is 0.734. The molecule has 0 amide bonds. The Hall–Kier alpha value is -2.23. The van der Waals surface area contributed by atoms with E-state index in [1.807, 2.05) is 19.1 Å². The van der Waals surface area contributed by atoms with Crippen LogP contribution in [0.3, 0.4) is 0 Å². The molecule has 0 spiro atoms. The summed E-state index contributed by atoms with van der Waals surface area (Å²) in [5.41, 5.74) is 1.61. The monoisotopic (exact) mass is 261 g/mol. The molecule has 2 aromatic carbocycles. The average molecular weight is 261 g/mol. The zero-order valence-corrected chi connectivity index (χ0v) is 10.6. The Kier molecular flexibility index (Phi) is 3.90. The summed E-state index contributed by atoms with van der Waals surface area (Å²) in [7, 11) is 0.